The number of hydrogen-bond acceptors (Lipinski definition) is 2. The first-order valence-electron chi connectivity index (χ1n) is 5.69. The fourth-order valence-electron chi connectivity index (χ4n) is 3.00. The van der Waals surface area contributed by atoms with Crippen LogP contribution in [0.1, 0.15) is 32.1 Å². The van der Waals surface area contributed by atoms with Crippen LogP contribution in [0.2, 0.25) is 0 Å². The van der Waals surface area contributed by atoms with E-state index >= 15 is 0 Å². The summed E-state index contributed by atoms with van der Waals surface area (Å²) in [6.07, 6.45) is 7.30. The Bertz CT molecular complexity index is 152. The Morgan fingerprint density at radius 1 is 1.15 bits per heavy atom. The van der Waals surface area contributed by atoms with Crippen LogP contribution in [0.5, 0.6) is 0 Å². The van der Waals surface area contributed by atoms with Crippen LogP contribution < -0.4 is 5.73 Å². The molecule has 0 aromatic heterocycles. The fourth-order valence-corrected chi connectivity index (χ4v) is 4.46. The minimum atomic E-state index is 0.851. The maximum Gasteiger partial charge on any atom is -0.00334 e. The highest BCUT2D eigenvalue weighted by Crippen LogP contribution is 2.40. The zero-order valence-electron chi connectivity index (χ0n) is 8.37. The van der Waals surface area contributed by atoms with E-state index < -0.39 is 0 Å². The van der Waals surface area contributed by atoms with Gasteiger partial charge in [0.05, 0.1) is 0 Å². The van der Waals surface area contributed by atoms with Crippen LogP contribution in [0.25, 0.3) is 0 Å². The summed E-state index contributed by atoms with van der Waals surface area (Å²) in [4.78, 5) is 0. The van der Waals surface area contributed by atoms with Crippen LogP contribution in [0, 0.1) is 17.8 Å². The first kappa shape index (κ1) is 9.85. The quantitative estimate of drug-likeness (QED) is 0.739. The molecule has 2 atom stereocenters. The van der Waals surface area contributed by atoms with E-state index in [1.807, 2.05) is 0 Å². The number of hydrogen-bond donors (Lipinski definition) is 1. The molecule has 2 rings (SSSR count). The number of thioether (sulfide) groups is 1. The molecule has 1 aliphatic heterocycles. The predicted molar refractivity (Wildman–Crippen MR) is 59.9 cm³/mol. The van der Waals surface area contributed by atoms with E-state index in [2.05, 4.69) is 11.8 Å². The summed E-state index contributed by atoms with van der Waals surface area (Å²) in [7, 11) is 0. The van der Waals surface area contributed by atoms with E-state index in [0.717, 1.165) is 24.3 Å². The third-order valence-electron chi connectivity index (χ3n) is 3.86. The lowest BCUT2D eigenvalue weighted by Crippen LogP contribution is -2.33. The molecular formula is C11H21NS. The highest BCUT2D eigenvalue weighted by Gasteiger charge is 2.32. The Kier molecular flexibility index (Phi) is 3.56. The topological polar surface area (TPSA) is 26.0 Å². The molecule has 0 bridgehead atoms. The van der Waals surface area contributed by atoms with Crippen molar-refractivity contribution >= 4 is 11.8 Å². The van der Waals surface area contributed by atoms with Crippen molar-refractivity contribution in [1.29, 1.82) is 0 Å². The van der Waals surface area contributed by atoms with E-state index in [1.165, 1.54) is 43.6 Å². The minimum absolute atomic E-state index is 0.851. The molecule has 1 saturated heterocycles. The first-order chi connectivity index (χ1) is 6.42. The molecule has 13 heavy (non-hydrogen) atoms. The molecule has 2 heteroatoms. The molecule has 0 aromatic rings. The smallest absolute Gasteiger partial charge is 0.00334 e. The lowest BCUT2D eigenvalue weighted by molar-refractivity contribution is 0.249. The van der Waals surface area contributed by atoms with Gasteiger partial charge in [0, 0.05) is 0 Å². The van der Waals surface area contributed by atoms with Gasteiger partial charge in [0.1, 0.15) is 0 Å². The highest BCUT2D eigenvalue weighted by molar-refractivity contribution is 7.99. The second-order valence-corrected chi connectivity index (χ2v) is 5.72. The Morgan fingerprint density at radius 2 is 1.92 bits per heavy atom. The molecule has 0 radical (unpaired) electrons. The van der Waals surface area contributed by atoms with E-state index in [0.29, 0.717) is 0 Å². The first-order valence-corrected chi connectivity index (χ1v) is 6.85. The van der Waals surface area contributed by atoms with Crippen molar-refractivity contribution in [3.8, 4) is 0 Å². The molecule has 0 aromatic carbocycles. The van der Waals surface area contributed by atoms with Gasteiger partial charge in [-0.3, -0.25) is 0 Å². The average molecular weight is 199 g/mol. The molecule has 0 amide bonds. The van der Waals surface area contributed by atoms with Crippen molar-refractivity contribution in [2.24, 2.45) is 23.5 Å². The normalized spacial score (nSPS) is 36.7. The van der Waals surface area contributed by atoms with E-state index in [1.54, 1.807) is 0 Å². The lowest BCUT2D eigenvalue weighted by atomic mass is 9.80. The van der Waals surface area contributed by atoms with Gasteiger partial charge in [-0.15, -0.1) is 0 Å². The second kappa shape index (κ2) is 4.70. The fraction of sp³-hybridized carbons (Fsp3) is 1.00. The SMILES string of the molecule is NCC1CCSCC1C1CCCC1. The van der Waals surface area contributed by atoms with Crippen LogP contribution in [-0.4, -0.2) is 18.1 Å². The van der Waals surface area contributed by atoms with Crippen LogP contribution in [0.3, 0.4) is 0 Å². The molecule has 1 aliphatic carbocycles. The summed E-state index contributed by atoms with van der Waals surface area (Å²) >= 11 is 2.15. The van der Waals surface area contributed by atoms with Gasteiger partial charge in [-0.1, -0.05) is 25.7 Å². The molecule has 2 fully saturated rings. The van der Waals surface area contributed by atoms with Crippen LogP contribution in [0.15, 0.2) is 0 Å². The number of nitrogens with two attached hydrogens (primary N) is 1. The van der Waals surface area contributed by atoms with Gasteiger partial charge in [0.25, 0.3) is 0 Å². The van der Waals surface area contributed by atoms with Crippen molar-refractivity contribution in [1.82, 2.24) is 0 Å². The van der Waals surface area contributed by atoms with Crippen molar-refractivity contribution in [2.45, 2.75) is 32.1 Å². The van der Waals surface area contributed by atoms with Gasteiger partial charge in [0.2, 0.25) is 0 Å². The summed E-state index contributed by atoms with van der Waals surface area (Å²) < 4.78 is 0. The van der Waals surface area contributed by atoms with E-state index in [4.69, 9.17) is 5.73 Å². The molecule has 1 saturated carbocycles. The summed E-state index contributed by atoms with van der Waals surface area (Å²) in [5.41, 5.74) is 5.85. The monoisotopic (exact) mass is 199 g/mol. The minimum Gasteiger partial charge on any atom is -0.330 e. The summed E-state index contributed by atoms with van der Waals surface area (Å²) in [5.74, 6) is 5.59. The predicted octanol–water partition coefficient (Wildman–Crippen LogP) is 2.50. The standard InChI is InChI=1S/C11H21NS/c12-7-10-5-6-13-8-11(10)9-3-1-2-4-9/h9-11H,1-8,12H2. The Balaban J connectivity index is 1.93. The molecule has 2 N–H and O–H groups in total. The van der Waals surface area contributed by atoms with Crippen molar-refractivity contribution in [3.63, 3.8) is 0 Å². The zero-order chi connectivity index (χ0) is 9.10. The zero-order valence-corrected chi connectivity index (χ0v) is 9.19. The van der Waals surface area contributed by atoms with Gasteiger partial charge < -0.3 is 5.73 Å². The van der Waals surface area contributed by atoms with Crippen molar-refractivity contribution < 1.29 is 0 Å². The van der Waals surface area contributed by atoms with Gasteiger partial charge in [-0.2, -0.15) is 11.8 Å². The Morgan fingerprint density at radius 3 is 2.62 bits per heavy atom. The molecular weight excluding hydrogens is 178 g/mol. The van der Waals surface area contributed by atoms with E-state index in [9.17, 15) is 0 Å². The third-order valence-corrected chi connectivity index (χ3v) is 5.00. The van der Waals surface area contributed by atoms with Gasteiger partial charge >= 0.3 is 0 Å². The molecule has 2 aliphatic rings. The summed E-state index contributed by atoms with van der Waals surface area (Å²) in [6.45, 7) is 0.932. The average Bonchev–Trinajstić information content (AvgIpc) is 2.70. The molecule has 1 nitrogen and oxygen atoms in total. The molecule has 76 valence electrons. The summed E-state index contributed by atoms with van der Waals surface area (Å²) in [6, 6.07) is 0. The van der Waals surface area contributed by atoms with E-state index in [-0.39, 0.29) is 0 Å². The van der Waals surface area contributed by atoms with Crippen LogP contribution >= 0.6 is 11.8 Å². The molecule has 0 spiro atoms. The number of rotatable bonds is 2. The van der Waals surface area contributed by atoms with Gasteiger partial charge in [-0.25, -0.2) is 0 Å². The third kappa shape index (κ3) is 2.21. The van der Waals surface area contributed by atoms with Crippen molar-refractivity contribution in [3.05, 3.63) is 0 Å². The van der Waals surface area contributed by atoms with Gasteiger partial charge in [0.15, 0.2) is 0 Å². The maximum atomic E-state index is 5.85. The summed E-state index contributed by atoms with van der Waals surface area (Å²) in [5, 5.41) is 0. The second-order valence-electron chi connectivity index (χ2n) is 4.57. The maximum absolute atomic E-state index is 5.85. The van der Waals surface area contributed by atoms with Crippen LogP contribution in [0.4, 0.5) is 0 Å². The highest BCUT2D eigenvalue weighted by atomic mass is 32.2. The largest absolute Gasteiger partial charge is 0.330 e. The van der Waals surface area contributed by atoms with Crippen LogP contribution in [-0.2, 0) is 0 Å². The van der Waals surface area contributed by atoms with Crippen molar-refractivity contribution in [2.75, 3.05) is 18.1 Å². The Labute approximate surface area is 85.8 Å². The molecule has 1 heterocycles. The Hall–Kier alpha value is 0.310. The lowest BCUT2D eigenvalue weighted by Gasteiger charge is -2.34. The van der Waals surface area contributed by atoms with Gasteiger partial charge in [-0.05, 0) is 42.2 Å². The molecule has 2 unspecified atom stereocenters.